The van der Waals surface area contributed by atoms with Gasteiger partial charge in [0.15, 0.2) is 0 Å². The number of fused-ring (bicyclic) bond motifs is 1. The Balaban J connectivity index is 1.35. The highest BCUT2D eigenvalue weighted by atomic mass is 16.5. The first kappa shape index (κ1) is 16.2. The summed E-state index contributed by atoms with van der Waals surface area (Å²) in [5, 5.41) is 0. The second-order valence-corrected chi connectivity index (χ2v) is 7.26. The molecular formula is C18H27N3O3. The molecule has 0 aromatic carbocycles. The first-order valence-electron chi connectivity index (χ1n) is 9.32. The molecule has 0 bridgehead atoms. The van der Waals surface area contributed by atoms with E-state index in [1.54, 1.807) is 0 Å². The summed E-state index contributed by atoms with van der Waals surface area (Å²) in [7, 11) is 0. The fraction of sp³-hybridized carbons (Fsp3) is 0.778. The van der Waals surface area contributed by atoms with Gasteiger partial charge in [0.25, 0.3) is 5.56 Å². The van der Waals surface area contributed by atoms with Crippen LogP contribution in [0.15, 0.2) is 4.79 Å². The van der Waals surface area contributed by atoms with Gasteiger partial charge in [-0.1, -0.05) is 0 Å². The molecule has 0 spiro atoms. The van der Waals surface area contributed by atoms with E-state index in [0.29, 0.717) is 30.8 Å². The lowest BCUT2D eigenvalue weighted by molar-refractivity contribution is -0.0384. The third kappa shape index (κ3) is 3.55. The van der Waals surface area contributed by atoms with Crippen LogP contribution in [0.5, 0.6) is 0 Å². The molecule has 0 aliphatic carbocycles. The molecule has 1 unspecified atom stereocenters. The van der Waals surface area contributed by atoms with Gasteiger partial charge in [0.1, 0.15) is 5.82 Å². The number of likely N-dealkylation sites (tertiary alicyclic amines) is 1. The monoisotopic (exact) mass is 333 g/mol. The van der Waals surface area contributed by atoms with Gasteiger partial charge >= 0.3 is 0 Å². The molecule has 6 heteroatoms. The Hall–Kier alpha value is -1.24. The molecule has 1 aromatic heterocycles. The smallest absolute Gasteiger partial charge is 0.256 e. The zero-order chi connectivity index (χ0) is 16.4. The van der Waals surface area contributed by atoms with Gasteiger partial charge in [0, 0.05) is 13.0 Å². The number of nitrogens with zero attached hydrogens (tertiary/aromatic N) is 2. The van der Waals surface area contributed by atoms with Crippen molar-refractivity contribution in [1.29, 1.82) is 0 Å². The van der Waals surface area contributed by atoms with Crippen molar-refractivity contribution in [1.82, 2.24) is 14.9 Å². The standard InChI is InChI=1S/C18H27N3O3/c22-18-14-12-23-10-6-15(14)19-17(20-18)11-21-7-4-13(5-8-21)16-3-1-2-9-24-16/h13,16H,1-12H2,(H,19,20,22). The molecule has 2 fully saturated rings. The first-order valence-corrected chi connectivity index (χ1v) is 9.32. The molecule has 24 heavy (non-hydrogen) atoms. The molecule has 0 amide bonds. The first-order chi connectivity index (χ1) is 11.8. The van der Waals surface area contributed by atoms with Gasteiger partial charge in [-0.2, -0.15) is 0 Å². The van der Waals surface area contributed by atoms with Crippen LogP contribution >= 0.6 is 0 Å². The van der Waals surface area contributed by atoms with Crippen molar-refractivity contribution in [3.63, 3.8) is 0 Å². The molecular weight excluding hydrogens is 306 g/mol. The van der Waals surface area contributed by atoms with Gasteiger partial charge in [0.05, 0.1) is 37.1 Å². The fourth-order valence-electron chi connectivity index (χ4n) is 4.20. The van der Waals surface area contributed by atoms with Crippen LogP contribution in [0.25, 0.3) is 0 Å². The predicted octanol–water partition coefficient (Wildman–Crippen LogP) is 1.62. The lowest BCUT2D eigenvalue weighted by atomic mass is 9.87. The number of hydrogen-bond acceptors (Lipinski definition) is 5. The Morgan fingerprint density at radius 3 is 2.83 bits per heavy atom. The van der Waals surface area contributed by atoms with Crippen LogP contribution in [0, 0.1) is 5.92 Å². The van der Waals surface area contributed by atoms with Crippen LogP contribution in [0.3, 0.4) is 0 Å². The molecule has 4 rings (SSSR count). The van der Waals surface area contributed by atoms with Gasteiger partial charge < -0.3 is 14.5 Å². The minimum Gasteiger partial charge on any atom is -0.378 e. The lowest BCUT2D eigenvalue weighted by Crippen LogP contribution is -2.40. The maximum absolute atomic E-state index is 12.2. The maximum Gasteiger partial charge on any atom is 0.256 e. The number of aromatic nitrogens is 2. The van der Waals surface area contributed by atoms with Crippen LogP contribution in [0.4, 0.5) is 0 Å². The van der Waals surface area contributed by atoms with E-state index in [2.05, 4.69) is 14.9 Å². The van der Waals surface area contributed by atoms with E-state index in [1.807, 2.05) is 0 Å². The number of rotatable bonds is 3. The summed E-state index contributed by atoms with van der Waals surface area (Å²) < 4.78 is 11.3. The second-order valence-electron chi connectivity index (χ2n) is 7.26. The highest BCUT2D eigenvalue weighted by Crippen LogP contribution is 2.28. The van der Waals surface area contributed by atoms with Gasteiger partial charge in [-0.3, -0.25) is 9.69 Å². The third-order valence-corrected chi connectivity index (χ3v) is 5.63. The van der Waals surface area contributed by atoms with Crippen molar-refractivity contribution in [2.45, 2.75) is 57.8 Å². The summed E-state index contributed by atoms with van der Waals surface area (Å²) in [6.45, 7) is 4.86. The Labute approximate surface area is 142 Å². The average Bonchev–Trinajstić information content (AvgIpc) is 2.63. The number of ether oxygens (including phenoxy) is 2. The topological polar surface area (TPSA) is 67.5 Å². The van der Waals surface area contributed by atoms with E-state index in [-0.39, 0.29) is 5.56 Å². The van der Waals surface area contributed by atoms with Crippen molar-refractivity contribution in [3.8, 4) is 0 Å². The summed E-state index contributed by atoms with van der Waals surface area (Å²) in [6, 6.07) is 0. The SMILES string of the molecule is O=c1[nH]c(CN2CCC(C3CCCCO3)CC2)nc2c1COCC2. The molecule has 3 aliphatic heterocycles. The van der Waals surface area contributed by atoms with E-state index < -0.39 is 0 Å². The van der Waals surface area contributed by atoms with Crippen LogP contribution in [-0.2, 0) is 29.0 Å². The van der Waals surface area contributed by atoms with Crippen LogP contribution in [0.2, 0.25) is 0 Å². The third-order valence-electron chi connectivity index (χ3n) is 5.63. The minimum absolute atomic E-state index is 0.0276. The van der Waals surface area contributed by atoms with E-state index in [4.69, 9.17) is 9.47 Å². The molecule has 1 N–H and O–H groups in total. The number of piperidine rings is 1. The summed E-state index contributed by atoms with van der Waals surface area (Å²) in [4.78, 5) is 22.2. The Morgan fingerprint density at radius 1 is 1.17 bits per heavy atom. The zero-order valence-corrected chi connectivity index (χ0v) is 14.3. The Kier molecular flexibility index (Phi) is 4.96. The number of hydrogen-bond donors (Lipinski definition) is 1. The van der Waals surface area contributed by atoms with Crippen LogP contribution in [0.1, 0.15) is 49.2 Å². The summed E-state index contributed by atoms with van der Waals surface area (Å²) in [5.74, 6) is 1.50. The highest BCUT2D eigenvalue weighted by molar-refractivity contribution is 5.19. The van der Waals surface area contributed by atoms with Crippen molar-refractivity contribution >= 4 is 0 Å². The molecule has 2 saturated heterocycles. The molecule has 132 valence electrons. The largest absolute Gasteiger partial charge is 0.378 e. The van der Waals surface area contributed by atoms with Crippen molar-refractivity contribution in [3.05, 3.63) is 27.4 Å². The average molecular weight is 333 g/mol. The van der Waals surface area contributed by atoms with E-state index in [0.717, 1.165) is 44.2 Å². The molecule has 0 saturated carbocycles. The molecule has 1 aromatic rings. The normalized spacial score (nSPS) is 26.2. The Bertz CT molecular complexity index is 616. The number of H-pyrrole nitrogens is 1. The van der Waals surface area contributed by atoms with Crippen molar-refractivity contribution < 1.29 is 9.47 Å². The maximum atomic E-state index is 12.2. The van der Waals surface area contributed by atoms with Gasteiger partial charge in [-0.25, -0.2) is 4.98 Å². The molecule has 0 radical (unpaired) electrons. The van der Waals surface area contributed by atoms with Gasteiger partial charge in [-0.15, -0.1) is 0 Å². The zero-order valence-electron chi connectivity index (χ0n) is 14.3. The Morgan fingerprint density at radius 2 is 2.04 bits per heavy atom. The minimum atomic E-state index is -0.0276. The van der Waals surface area contributed by atoms with Crippen molar-refractivity contribution in [2.24, 2.45) is 5.92 Å². The van der Waals surface area contributed by atoms with Crippen molar-refractivity contribution in [2.75, 3.05) is 26.3 Å². The summed E-state index contributed by atoms with van der Waals surface area (Å²) in [5.41, 5.74) is 1.60. The van der Waals surface area contributed by atoms with Gasteiger partial charge in [0.2, 0.25) is 0 Å². The quantitative estimate of drug-likeness (QED) is 0.910. The van der Waals surface area contributed by atoms with E-state index in [9.17, 15) is 4.79 Å². The van der Waals surface area contributed by atoms with Gasteiger partial charge in [-0.05, 0) is 51.1 Å². The number of nitrogens with one attached hydrogen (secondary N) is 1. The lowest BCUT2D eigenvalue weighted by Gasteiger charge is -2.37. The molecule has 6 nitrogen and oxygen atoms in total. The predicted molar refractivity (Wildman–Crippen MR) is 89.8 cm³/mol. The molecule has 1 atom stereocenters. The molecule has 3 aliphatic rings. The van der Waals surface area contributed by atoms with E-state index >= 15 is 0 Å². The van der Waals surface area contributed by atoms with Crippen LogP contribution in [-0.4, -0.2) is 47.3 Å². The fourth-order valence-corrected chi connectivity index (χ4v) is 4.20. The highest BCUT2D eigenvalue weighted by Gasteiger charge is 2.28. The summed E-state index contributed by atoms with van der Waals surface area (Å²) in [6.07, 6.45) is 7.36. The van der Waals surface area contributed by atoms with Crippen LogP contribution < -0.4 is 5.56 Å². The second kappa shape index (κ2) is 7.33. The number of aromatic amines is 1. The summed E-state index contributed by atoms with van der Waals surface area (Å²) >= 11 is 0. The van der Waals surface area contributed by atoms with E-state index in [1.165, 1.54) is 32.1 Å². The molecule has 4 heterocycles.